The third-order valence-electron chi connectivity index (χ3n) is 3.37. The van der Waals surface area contributed by atoms with E-state index >= 15 is 0 Å². The predicted octanol–water partition coefficient (Wildman–Crippen LogP) is 3.23. The summed E-state index contributed by atoms with van der Waals surface area (Å²) in [7, 11) is 0. The summed E-state index contributed by atoms with van der Waals surface area (Å²) in [6.07, 6.45) is 2.66. The van der Waals surface area contributed by atoms with Crippen LogP contribution in [-0.2, 0) is 12.8 Å². The average Bonchev–Trinajstić information content (AvgIpc) is 2.41. The van der Waals surface area contributed by atoms with Gasteiger partial charge in [-0.2, -0.15) is 0 Å². The Morgan fingerprint density at radius 3 is 2.20 bits per heavy atom. The molecule has 20 heavy (non-hydrogen) atoms. The first-order chi connectivity index (χ1) is 9.60. The van der Waals surface area contributed by atoms with Crippen LogP contribution in [0.4, 0.5) is 0 Å². The molecule has 0 saturated heterocycles. The largest absolute Gasteiger partial charge is 0.330 e. The molecule has 1 heterocycles. The Balaban J connectivity index is 2.19. The molecule has 2 rings (SSSR count). The molecule has 1 aromatic carbocycles. The highest BCUT2D eigenvalue weighted by molar-refractivity contribution is 6.30. The van der Waals surface area contributed by atoms with E-state index in [-0.39, 0.29) is 0 Å². The number of hydrogen-bond acceptors (Lipinski definition) is 3. The molecule has 1 aromatic heterocycles. The lowest BCUT2D eigenvalue weighted by molar-refractivity contribution is 0.791. The molecule has 0 bridgehead atoms. The Morgan fingerprint density at radius 1 is 1.05 bits per heavy atom. The molecule has 0 fully saturated rings. The van der Waals surface area contributed by atoms with Crippen LogP contribution in [0.15, 0.2) is 24.3 Å². The lowest BCUT2D eigenvalue weighted by Crippen LogP contribution is -2.08. The minimum Gasteiger partial charge on any atom is -0.330 e. The van der Waals surface area contributed by atoms with Crippen molar-refractivity contribution in [3.63, 3.8) is 0 Å². The van der Waals surface area contributed by atoms with E-state index < -0.39 is 0 Å². The third kappa shape index (κ3) is 3.78. The van der Waals surface area contributed by atoms with E-state index in [1.165, 1.54) is 11.1 Å². The second kappa shape index (κ2) is 6.82. The first kappa shape index (κ1) is 14.9. The molecule has 0 amide bonds. The molecule has 0 aliphatic heterocycles. The monoisotopic (exact) mass is 289 g/mol. The normalized spacial score (nSPS) is 10.8. The fraction of sp³-hybridized carbons (Fsp3) is 0.375. The van der Waals surface area contributed by atoms with Crippen molar-refractivity contribution in [1.29, 1.82) is 0 Å². The van der Waals surface area contributed by atoms with E-state index in [9.17, 15) is 0 Å². The zero-order valence-electron chi connectivity index (χ0n) is 12.0. The Labute approximate surface area is 125 Å². The molecule has 2 N–H and O–H groups in total. The zero-order chi connectivity index (χ0) is 14.5. The third-order valence-corrected chi connectivity index (χ3v) is 3.63. The van der Waals surface area contributed by atoms with Gasteiger partial charge in [-0.1, -0.05) is 23.7 Å². The number of nitrogens with two attached hydrogens (primary N) is 1. The molecule has 3 nitrogen and oxygen atoms in total. The van der Waals surface area contributed by atoms with Gasteiger partial charge in [0, 0.05) is 22.8 Å². The van der Waals surface area contributed by atoms with Crippen LogP contribution in [0.3, 0.4) is 0 Å². The van der Waals surface area contributed by atoms with Crippen molar-refractivity contribution in [1.82, 2.24) is 9.97 Å². The highest BCUT2D eigenvalue weighted by atomic mass is 35.5. The van der Waals surface area contributed by atoms with Crippen molar-refractivity contribution in [3.05, 3.63) is 57.6 Å². The van der Waals surface area contributed by atoms with Gasteiger partial charge in [-0.05, 0) is 56.5 Å². The maximum atomic E-state index is 5.89. The molecule has 0 atom stereocenters. The molecule has 106 valence electrons. The molecule has 2 aromatic rings. The van der Waals surface area contributed by atoms with Crippen molar-refractivity contribution < 1.29 is 0 Å². The number of aryl methyl sites for hydroxylation is 2. The van der Waals surface area contributed by atoms with Gasteiger partial charge in [0.15, 0.2) is 0 Å². The first-order valence-corrected chi connectivity index (χ1v) is 7.25. The Hall–Kier alpha value is -1.45. The topological polar surface area (TPSA) is 51.8 Å². The van der Waals surface area contributed by atoms with Gasteiger partial charge in [0.1, 0.15) is 5.82 Å². The zero-order valence-corrected chi connectivity index (χ0v) is 12.7. The van der Waals surface area contributed by atoms with E-state index in [1.54, 1.807) is 0 Å². The minimum absolute atomic E-state index is 0.700. The maximum absolute atomic E-state index is 5.89. The van der Waals surface area contributed by atoms with Crippen LogP contribution in [0.1, 0.15) is 34.8 Å². The van der Waals surface area contributed by atoms with Gasteiger partial charge in [-0.3, -0.25) is 0 Å². The van der Waals surface area contributed by atoms with Crippen molar-refractivity contribution in [2.24, 2.45) is 5.73 Å². The number of rotatable bonds is 5. The van der Waals surface area contributed by atoms with Gasteiger partial charge in [0.25, 0.3) is 0 Å². The van der Waals surface area contributed by atoms with E-state index in [0.29, 0.717) is 6.54 Å². The summed E-state index contributed by atoms with van der Waals surface area (Å²) in [4.78, 5) is 9.24. The average molecular weight is 290 g/mol. The van der Waals surface area contributed by atoms with Gasteiger partial charge in [0.2, 0.25) is 0 Å². The summed E-state index contributed by atoms with van der Waals surface area (Å²) >= 11 is 5.89. The number of aromatic nitrogens is 2. The first-order valence-electron chi connectivity index (χ1n) is 6.87. The summed E-state index contributed by atoms with van der Waals surface area (Å²) < 4.78 is 0. The van der Waals surface area contributed by atoms with E-state index in [4.69, 9.17) is 17.3 Å². The van der Waals surface area contributed by atoms with E-state index in [0.717, 1.165) is 41.5 Å². The molecule has 0 spiro atoms. The minimum atomic E-state index is 0.700. The summed E-state index contributed by atoms with van der Waals surface area (Å²) in [6.45, 7) is 4.79. The summed E-state index contributed by atoms with van der Waals surface area (Å²) in [5.74, 6) is 0.860. The maximum Gasteiger partial charge on any atom is 0.133 e. The van der Waals surface area contributed by atoms with Crippen LogP contribution in [0.5, 0.6) is 0 Å². The quantitative estimate of drug-likeness (QED) is 0.919. The molecule has 0 aliphatic rings. The number of hydrogen-bond donors (Lipinski definition) is 1. The van der Waals surface area contributed by atoms with Crippen LogP contribution >= 0.6 is 11.6 Å². The van der Waals surface area contributed by atoms with Crippen molar-refractivity contribution in [2.75, 3.05) is 6.54 Å². The van der Waals surface area contributed by atoms with Gasteiger partial charge in [-0.25, -0.2) is 9.97 Å². The van der Waals surface area contributed by atoms with Crippen LogP contribution < -0.4 is 5.73 Å². The summed E-state index contributed by atoms with van der Waals surface area (Å²) in [5.41, 5.74) is 10.1. The lowest BCUT2D eigenvalue weighted by Gasteiger charge is -2.10. The van der Waals surface area contributed by atoms with Gasteiger partial charge >= 0.3 is 0 Å². The fourth-order valence-electron chi connectivity index (χ4n) is 2.31. The molecule has 0 unspecified atom stereocenters. The number of benzene rings is 1. The SMILES string of the molecule is Cc1nc(Cc2ccc(Cl)cc2)nc(C)c1CCCN. The highest BCUT2D eigenvalue weighted by Crippen LogP contribution is 2.16. The van der Waals surface area contributed by atoms with Crippen LogP contribution in [0, 0.1) is 13.8 Å². The predicted molar refractivity (Wildman–Crippen MR) is 83.1 cm³/mol. The van der Waals surface area contributed by atoms with Crippen LogP contribution in [0.2, 0.25) is 5.02 Å². The van der Waals surface area contributed by atoms with Gasteiger partial charge < -0.3 is 5.73 Å². The number of nitrogens with zero attached hydrogens (tertiary/aromatic N) is 2. The van der Waals surface area contributed by atoms with Gasteiger partial charge in [-0.15, -0.1) is 0 Å². The van der Waals surface area contributed by atoms with Crippen molar-refractivity contribution in [3.8, 4) is 0 Å². The second-order valence-corrected chi connectivity index (χ2v) is 5.42. The highest BCUT2D eigenvalue weighted by Gasteiger charge is 2.08. The summed E-state index contributed by atoms with van der Waals surface area (Å²) in [5, 5.41) is 0.749. The lowest BCUT2D eigenvalue weighted by atomic mass is 10.1. The smallest absolute Gasteiger partial charge is 0.133 e. The van der Waals surface area contributed by atoms with Crippen LogP contribution in [0.25, 0.3) is 0 Å². The number of halogens is 1. The molecule has 0 aliphatic carbocycles. The van der Waals surface area contributed by atoms with Gasteiger partial charge in [0.05, 0.1) is 0 Å². The molecular formula is C16H20ClN3. The molecule has 0 radical (unpaired) electrons. The molecule has 0 saturated carbocycles. The summed E-state index contributed by atoms with van der Waals surface area (Å²) in [6, 6.07) is 7.82. The standard InChI is InChI=1S/C16H20ClN3/c1-11-15(4-3-9-18)12(2)20-16(19-11)10-13-5-7-14(17)8-6-13/h5-8H,3-4,9-10,18H2,1-2H3. The van der Waals surface area contributed by atoms with Crippen LogP contribution in [-0.4, -0.2) is 16.5 Å². The Bertz CT molecular complexity index is 556. The molecular weight excluding hydrogens is 270 g/mol. The van der Waals surface area contributed by atoms with E-state index in [2.05, 4.69) is 9.97 Å². The Kier molecular flexibility index (Phi) is 5.10. The second-order valence-electron chi connectivity index (χ2n) is 4.98. The van der Waals surface area contributed by atoms with E-state index in [1.807, 2.05) is 38.1 Å². The van der Waals surface area contributed by atoms with Crippen molar-refractivity contribution in [2.45, 2.75) is 33.1 Å². The fourth-order valence-corrected chi connectivity index (χ4v) is 2.44. The Morgan fingerprint density at radius 2 is 1.65 bits per heavy atom. The van der Waals surface area contributed by atoms with Crippen molar-refractivity contribution >= 4 is 11.6 Å². The molecule has 4 heteroatoms.